The van der Waals surface area contributed by atoms with Crippen LogP contribution in [0.15, 0.2) is 53.7 Å². The fourth-order valence-corrected chi connectivity index (χ4v) is 6.88. The minimum absolute atomic E-state index is 0.0833. The molecule has 0 saturated carbocycles. The number of anilines is 1. The molecule has 6 rings (SSSR count). The van der Waals surface area contributed by atoms with Crippen LogP contribution in [0, 0.1) is 12.7 Å². The number of para-hydroxylation sites is 1. The van der Waals surface area contributed by atoms with Crippen molar-refractivity contribution in [3.63, 3.8) is 0 Å². The summed E-state index contributed by atoms with van der Waals surface area (Å²) < 4.78 is 44.8. The zero-order chi connectivity index (χ0) is 28.2. The van der Waals surface area contributed by atoms with Gasteiger partial charge in [-0.05, 0) is 42.7 Å². The number of rotatable bonds is 5. The molecule has 4 heterocycles. The molecule has 2 aromatic carbocycles. The van der Waals surface area contributed by atoms with Gasteiger partial charge in [-0.2, -0.15) is 9.40 Å². The number of nitrogens with zero attached hydrogens (tertiary/aromatic N) is 5. The highest BCUT2D eigenvalue weighted by atomic mass is 32.2. The Morgan fingerprint density at radius 1 is 1.02 bits per heavy atom. The summed E-state index contributed by atoms with van der Waals surface area (Å²) in [6.45, 7) is 2.86. The van der Waals surface area contributed by atoms with Gasteiger partial charge in [-0.25, -0.2) is 17.5 Å². The summed E-state index contributed by atoms with van der Waals surface area (Å²) in [5, 5.41) is 6.50. The first-order chi connectivity index (χ1) is 19.1. The van der Waals surface area contributed by atoms with Crippen LogP contribution in [0.4, 0.5) is 10.1 Å². The van der Waals surface area contributed by atoms with Crippen molar-refractivity contribution >= 4 is 33.4 Å². The summed E-state index contributed by atoms with van der Waals surface area (Å²) in [4.78, 5) is 40.0. The number of fused-ring (bicyclic) bond motifs is 1. The lowest BCUT2D eigenvalue weighted by Crippen LogP contribution is -2.52. The number of halogens is 1. The first kappa shape index (κ1) is 26.1. The second kappa shape index (κ2) is 9.82. The molecule has 1 N–H and O–H groups in total. The third-order valence-corrected chi connectivity index (χ3v) is 9.58. The van der Waals surface area contributed by atoms with Crippen molar-refractivity contribution < 1.29 is 27.2 Å². The Kier molecular flexibility index (Phi) is 6.42. The van der Waals surface area contributed by atoms with E-state index in [2.05, 4.69) is 10.4 Å². The number of hydrogen-bond acceptors (Lipinski definition) is 7. The average molecular weight is 567 g/mol. The SMILES string of the molecule is Cc1ccccc1-n1cc(S(=O)(=O)N2CCN(c3cc4c(cc3F)C(=O)N(C3CCC(=O)NC3=O)C4)CC2)cn1. The first-order valence-electron chi connectivity index (χ1n) is 13.0. The van der Waals surface area contributed by atoms with Gasteiger partial charge in [0.05, 0.1) is 23.8 Å². The van der Waals surface area contributed by atoms with E-state index < -0.39 is 33.7 Å². The van der Waals surface area contributed by atoms with Gasteiger partial charge in [0, 0.05) is 44.7 Å². The molecular formula is C27H27FN6O5S. The standard InChI is InChI=1S/C27H27FN6O5S/c1-17-4-2-3-5-22(17)34-16-19(14-29-34)40(38,39)32-10-8-31(9-11-32)24-12-18-15-33(27(37)20(18)13-21(24)28)23-6-7-25(35)30-26(23)36/h2-5,12-14,16,23H,6-11,15H2,1H3,(H,30,35,36). The molecule has 3 aliphatic heterocycles. The maximum absolute atomic E-state index is 15.2. The Morgan fingerprint density at radius 2 is 1.77 bits per heavy atom. The summed E-state index contributed by atoms with van der Waals surface area (Å²) >= 11 is 0. The maximum Gasteiger partial charge on any atom is 0.255 e. The van der Waals surface area contributed by atoms with Crippen molar-refractivity contribution in [2.24, 2.45) is 0 Å². The zero-order valence-corrected chi connectivity index (χ0v) is 22.5. The number of carbonyl (C=O) groups excluding carboxylic acids is 3. The molecule has 2 fully saturated rings. The number of piperidine rings is 1. The zero-order valence-electron chi connectivity index (χ0n) is 21.7. The van der Waals surface area contributed by atoms with Crippen LogP contribution in [0.25, 0.3) is 5.69 Å². The molecular weight excluding hydrogens is 539 g/mol. The molecule has 1 unspecified atom stereocenters. The molecule has 11 nitrogen and oxygen atoms in total. The summed E-state index contributed by atoms with van der Waals surface area (Å²) in [5.74, 6) is -1.94. The Balaban J connectivity index is 1.16. The molecule has 0 radical (unpaired) electrons. The minimum Gasteiger partial charge on any atom is -0.367 e. The van der Waals surface area contributed by atoms with E-state index >= 15 is 4.39 Å². The second-order valence-electron chi connectivity index (χ2n) is 10.2. The molecule has 1 aromatic heterocycles. The van der Waals surface area contributed by atoms with E-state index in [4.69, 9.17) is 0 Å². The molecule has 2 saturated heterocycles. The largest absolute Gasteiger partial charge is 0.367 e. The van der Waals surface area contributed by atoms with E-state index in [1.807, 2.05) is 31.2 Å². The van der Waals surface area contributed by atoms with Crippen LogP contribution in [0.3, 0.4) is 0 Å². The van der Waals surface area contributed by atoms with Crippen molar-refractivity contribution in [1.82, 2.24) is 24.3 Å². The molecule has 1 atom stereocenters. The van der Waals surface area contributed by atoms with Crippen LogP contribution in [-0.4, -0.2) is 77.3 Å². The van der Waals surface area contributed by atoms with Gasteiger partial charge in [0.25, 0.3) is 5.91 Å². The molecule has 208 valence electrons. The van der Waals surface area contributed by atoms with Gasteiger partial charge in [-0.3, -0.25) is 19.7 Å². The summed E-state index contributed by atoms with van der Waals surface area (Å²) in [7, 11) is -3.81. The van der Waals surface area contributed by atoms with Crippen LogP contribution in [-0.2, 0) is 26.2 Å². The van der Waals surface area contributed by atoms with Gasteiger partial charge in [-0.1, -0.05) is 18.2 Å². The maximum atomic E-state index is 15.2. The third-order valence-electron chi connectivity index (χ3n) is 7.73. The molecule has 0 spiro atoms. The van der Waals surface area contributed by atoms with E-state index in [0.29, 0.717) is 5.56 Å². The Morgan fingerprint density at radius 3 is 2.50 bits per heavy atom. The Bertz CT molecular complexity index is 1650. The number of hydrogen-bond donors (Lipinski definition) is 1. The Hall–Kier alpha value is -4.10. The predicted molar refractivity (Wildman–Crippen MR) is 142 cm³/mol. The van der Waals surface area contributed by atoms with Gasteiger partial charge in [0.1, 0.15) is 16.8 Å². The fraction of sp³-hybridized carbons (Fsp3) is 0.333. The van der Waals surface area contributed by atoms with Gasteiger partial charge in [0.2, 0.25) is 21.8 Å². The van der Waals surface area contributed by atoms with E-state index in [-0.39, 0.29) is 67.6 Å². The minimum atomic E-state index is -3.81. The number of imide groups is 1. The lowest BCUT2D eigenvalue weighted by atomic mass is 10.0. The number of amides is 3. The number of sulfonamides is 1. The van der Waals surface area contributed by atoms with Gasteiger partial charge in [0.15, 0.2) is 0 Å². The second-order valence-corrected chi connectivity index (χ2v) is 12.1. The number of aromatic nitrogens is 2. The van der Waals surface area contributed by atoms with Crippen molar-refractivity contribution in [2.45, 2.75) is 37.2 Å². The van der Waals surface area contributed by atoms with Gasteiger partial charge in [-0.15, -0.1) is 0 Å². The van der Waals surface area contributed by atoms with E-state index in [0.717, 1.165) is 11.3 Å². The average Bonchev–Trinajstić information content (AvgIpc) is 3.55. The highest BCUT2D eigenvalue weighted by Crippen LogP contribution is 2.33. The van der Waals surface area contributed by atoms with Crippen molar-refractivity contribution in [1.29, 1.82) is 0 Å². The van der Waals surface area contributed by atoms with Crippen molar-refractivity contribution in [2.75, 3.05) is 31.1 Å². The number of nitrogens with one attached hydrogen (secondary N) is 1. The van der Waals surface area contributed by atoms with Gasteiger partial charge < -0.3 is 9.80 Å². The molecule has 40 heavy (non-hydrogen) atoms. The molecule has 13 heteroatoms. The lowest BCUT2D eigenvalue weighted by Gasteiger charge is -2.35. The molecule has 0 aliphatic carbocycles. The Labute approximate surface area is 230 Å². The molecule has 3 aliphatic rings. The monoisotopic (exact) mass is 566 g/mol. The van der Waals surface area contributed by atoms with Crippen LogP contribution in [0.1, 0.15) is 34.3 Å². The first-order valence-corrected chi connectivity index (χ1v) is 14.4. The van der Waals surface area contributed by atoms with Crippen LogP contribution in [0.5, 0.6) is 0 Å². The van der Waals surface area contributed by atoms with E-state index in [1.165, 1.54) is 32.3 Å². The summed E-state index contributed by atoms with van der Waals surface area (Å²) in [6, 6.07) is 9.54. The molecule has 0 bridgehead atoms. The summed E-state index contributed by atoms with van der Waals surface area (Å²) in [6.07, 6.45) is 3.19. The molecule has 3 aromatic rings. The normalized spacial score (nSPS) is 20.1. The topological polar surface area (TPSA) is 125 Å². The van der Waals surface area contributed by atoms with Crippen LogP contribution < -0.4 is 10.2 Å². The highest BCUT2D eigenvalue weighted by Gasteiger charge is 2.40. The quantitative estimate of drug-likeness (QED) is 0.465. The summed E-state index contributed by atoms with van der Waals surface area (Å²) in [5.41, 5.74) is 2.81. The predicted octanol–water partition coefficient (Wildman–Crippen LogP) is 1.59. The smallest absolute Gasteiger partial charge is 0.255 e. The number of aryl methyl sites for hydroxylation is 1. The lowest BCUT2D eigenvalue weighted by molar-refractivity contribution is -0.136. The molecule has 3 amide bonds. The van der Waals surface area contributed by atoms with Crippen LogP contribution in [0.2, 0.25) is 0 Å². The number of benzene rings is 2. The number of carbonyl (C=O) groups is 3. The fourth-order valence-electron chi connectivity index (χ4n) is 5.53. The van der Waals surface area contributed by atoms with Crippen molar-refractivity contribution in [3.8, 4) is 5.69 Å². The van der Waals surface area contributed by atoms with Crippen molar-refractivity contribution in [3.05, 3.63) is 71.3 Å². The van der Waals surface area contributed by atoms with Gasteiger partial charge >= 0.3 is 0 Å². The van der Waals surface area contributed by atoms with E-state index in [1.54, 1.807) is 11.0 Å². The van der Waals surface area contributed by atoms with Crippen LogP contribution >= 0.6 is 0 Å². The van der Waals surface area contributed by atoms with E-state index in [9.17, 15) is 22.8 Å². The third kappa shape index (κ3) is 4.44. The number of piperazine rings is 1. The highest BCUT2D eigenvalue weighted by molar-refractivity contribution is 7.89.